The summed E-state index contributed by atoms with van der Waals surface area (Å²) in [5.41, 5.74) is 0. The molecule has 0 aliphatic heterocycles. The molecule has 16 heavy (non-hydrogen) atoms. The van der Waals surface area contributed by atoms with Gasteiger partial charge in [0.25, 0.3) is 0 Å². The molecule has 0 aromatic heterocycles. The zero-order valence-corrected chi connectivity index (χ0v) is 11.6. The zero-order chi connectivity index (χ0) is 11.7. The van der Waals surface area contributed by atoms with E-state index in [1.54, 1.807) is 0 Å². The Balaban J connectivity index is 0. The van der Waals surface area contributed by atoms with Crippen molar-refractivity contribution in [2.45, 2.75) is 52.4 Å². The number of nitrogens with zero attached hydrogens (tertiary/aromatic N) is 1. The van der Waals surface area contributed by atoms with E-state index < -0.39 is 10.3 Å². The number of rotatable bonds is 9. The first-order valence-corrected chi connectivity index (χ1v) is 7.09. The summed E-state index contributed by atoms with van der Waals surface area (Å²) in [6, 6.07) is 0. The van der Waals surface area contributed by atoms with Crippen molar-refractivity contribution in [1.29, 1.82) is 0 Å². The smallest absolute Gasteiger partial charge is 0.735 e. The minimum atomic E-state index is -4.24. The summed E-state index contributed by atoms with van der Waals surface area (Å²) in [5.74, 6) is 0. The van der Waals surface area contributed by atoms with E-state index in [-0.39, 0.29) is 18.9 Å². The summed E-state index contributed by atoms with van der Waals surface area (Å²) in [6.07, 6.45) is 5.57. The molecule has 0 saturated heterocycles. The number of unbranched alkanes of at least 4 members (excludes halogenated alkanes) is 4. The monoisotopic (exact) mass is 243 g/mol. The molecule has 6 heteroatoms. The second-order valence-electron chi connectivity index (χ2n) is 3.77. The Labute approximate surface area is 112 Å². The topological polar surface area (TPSA) is 60.4 Å². The second kappa shape index (κ2) is 10.6. The molecular weight excluding hydrogens is 221 g/mol. The molecular formula is C10H22LiNO3S. The summed E-state index contributed by atoms with van der Waals surface area (Å²) in [4.78, 5) is 0. The Morgan fingerprint density at radius 3 is 1.56 bits per heavy atom. The fraction of sp³-hybridized carbons (Fsp3) is 1.00. The van der Waals surface area contributed by atoms with E-state index in [1.807, 2.05) is 13.8 Å². The Morgan fingerprint density at radius 2 is 1.31 bits per heavy atom. The first-order chi connectivity index (χ1) is 7.02. The first-order valence-electron chi connectivity index (χ1n) is 5.73. The summed E-state index contributed by atoms with van der Waals surface area (Å²) in [6.45, 7) is 4.85. The Kier molecular flexibility index (Phi) is 12.5. The molecule has 0 atom stereocenters. The molecule has 0 spiro atoms. The zero-order valence-electron chi connectivity index (χ0n) is 10.7. The van der Waals surface area contributed by atoms with Crippen molar-refractivity contribution >= 4 is 10.3 Å². The van der Waals surface area contributed by atoms with Crippen LogP contribution in [0.15, 0.2) is 0 Å². The molecule has 0 unspecified atom stereocenters. The van der Waals surface area contributed by atoms with Gasteiger partial charge >= 0.3 is 18.9 Å². The number of hydrogen-bond acceptors (Lipinski definition) is 3. The Hall–Kier alpha value is 0.467. The average molecular weight is 243 g/mol. The minimum Gasteiger partial charge on any atom is -0.735 e. The van der Waals surface area contributed by atoms with Crippen LogP contribution in [0.4, 0.5) is 0 Å². The Morgan fingerprint density at radius 1 is 0.938 bits per heavy atom. The van der Waals surface area contributed by atoms with Crippen molar-refractivity contribution in [3.63, 3.8) is 0 Å². The maximum absolute atomic E-state index is 10.9. The minimum absolute atomic E-state index is 0. The van der Waals surface area contributed by atoms with Gasteiger partial charge in [-0.25, -0.2) is 12.7 Å². The van der Waals surface area contributed by atoms with Crippen molar-refractivity contribution in [2.24, 2.45) is 0 Å². The van der Waals surface area contributed by atoms with Crippen LogP contribution in [0.3, 0.4) is 0 Å². The van der Waals surface area contributed by atoms with E-state index >= 15 is 0 Å². The average Bonchev–Trinajstić information content (AvgIpc) is 2.14. The Bertz CT molecular complexity index is 234. The largest absolute Gasteiger partial charge is 1.00 e. The summed E-state index contributed by atoms with van der Waals surface area (Å²) < 4.78 is 33.7. The van der Waals surface area contributed by atoms with Crippen LogP contribution >= 0.6 is 0 Å². The quantitative estimate of drug-likeness (QED) is 0.300. The third-order valence-corrected chi connectivity index (χ3v) is 3.34. The van der Waals surface area contributed by atoms with E-state index in [0.29, 0.717) is 13.1 Å². The van der Waals surface area contributed by atoms with Crippen LogP contribution in [0.25, 0.3) is 0 Å². The summed E-state index contributed by atoms with van der Waals surface area (Å²) in [5, 5.41) is 0. The molecule has 0 radical (unpaired) electrons. The van der Waals surface area contributed by atoms with E-state index in [1.165, 1.54) is 0 Å². The normalized spacial score (nSPS) is 11.5. The van der Waals surface area contributed by atoms with Crippen molar-refractivity contribution in [3.8, 4) is 0 Å². The predicted molar refractivity (Wildman–Crippen MR) is 60.3 cm³/mol. The standard InChI is InChI=1S/C10H23NO3S.Li/c1-3-5-7-9-11(15(12,13)14)10-8-6-4-2;/h3-10H2,1-2H3,(H,12,13,14);/q;+1/p-1. The van der Waals surface area contributed by atoms with Gasteiger partial charge in [-0.05, 0) is 12.8 Å². The van der Waals surface area contributed by atoms with Gasteiger partial charge in [-0.3, -0.25) is 0 Å². The van der Waals surface area contributed by atoms with Gasteiger partial charge in [0.15, 0.2) is 10.3 Å². The van der Waals surface area contributed by atoms with E-state index in [9.17, 15) is 13.0 Å². The van der Waals surface area contributed by atoms with Gasteiger partial charge in [-0.1, -0.05) is 39.5 Å². The van der Waals surface area contributed by atoms with Gasteiger partial charge in [-0.15, -0.1) is 0 Å². The molecule has 0 aliphatic rings. The molecule has 0 saturated carbocycles. The van der Waals surface area contributed by atoms with Crippen molar-refractivity contribution in [3.05, 3.63) is 0 Å². The SMILES string of the molecule is CCCCCN(CCCCC)S(=O)(=O)[O-].[Li+]. The molecule has 0 N–H and O–H groups in total. The predicted octanol–water partition coefficient (Wildman–Crippen LogP) is -0.867. The van der Waals surface area contributed by atoms with Gasteiger partial charge < -0.3 is 4.55 Å². The van der Waals surface area contributed by atoms with Crippen LogP contribution in [-0.2, 0) is 10.3 Å². The maximum Gasteiger partial charge on any atom is 1.00 e. The molecule has 92 valence electrons. The fourth-order valence-corrected chi connectivity index (χ4v) is 2.12. The van der Waals surface area contributed by atoms with Gasteiger partial charge in [0.2, 0.25) is 0 Å². The molecule has 4 nitrogen and oxygen atoms in total. The summed E-state index contributed by atoms with van der Waals surface area (Å²) in [7, 11) is -4.24. The molecule has 0 aliphatic carbocycles. The van der Waals surface area contributed by atoms with Gasteiger partial charge in [0.1, 0.15) is 0 Å². The van der Waals surface area contributed by atoms with Crippen molar-refractivity contribution in [2.75, 3.05) is 13.1 Å². The van der Waals surface area contributed by atoms with Gasteiger partial charge in [-0.2, -0.15) is 0 Å². The van der Waals surface area contributed by atoms with E-state index in [0.717, 1.165) is 42.8 Å². The van der Waals surface area contributed by atoms with Crippen LogP contribution < -0.4 is 18.9 Å². The molecule has 0 rings (SSSR count). The van der Waals surface area contributed by atoms with Crippen LogP contribution in [0.1, 0.15) is 52.4 Å². The summed E-state index contributed by atoms with van der Waals surface area (Å²) >= 11 is 0. The second-order valence-corrected chi connectivity index (χ2v) is 5.14. The maximum atomic E-state index is 10.9. The van der Waals surface area contributed by atoms with E-state index in [2.05, 4.69) is 0 Å². The van der Waals surface area contributed by atoms with E-state index in [4.69, 9.17) is 0 Å². The van der Waals surface area contributed by atoms with Crippen molar-refractivity contribution < 1.29 is 31.8 Å². The van der Waals surface area contributed by atoms with Crippen LogP contribution in [0, 0.1) is 0 Å². The fourth-order valence-electron chi connectivity index (χ4n) is 1.41. The number of hydrogen-bond donors (Lipinski definition) is 0. The van der Waals surface area contributed by atoms with Gasteiger partial charge in [0, 0.05) is 13.1 Å². The van der Waals surface area contributed by atoms with Gasteiger partial charge in [0.05, 0.1) is 0 Å². The van der Waals surface area contributed by atoms with Crippen molar-refractivity contribution in [1.82, 2.24) is 4.31 Å². The molecule has 0 aromatic rings. The molecule has 0 heterocycles. The van der Waals surface area contributed by atoms with Crippen LogP contribution in [0.5, 0.6) is 0 Å². The molecule has 0 aromatic carbocycles. The third kappa shape index (κ3) is 9.68. The molecule has 0 amide bonds. The first kappa shape index (κ1) is 18.8. The third-order valence-electron chi connectivity index (χ3n) is 2.34. The van der Waals surface area contributed by atoms with Crippen LogP contribution in [0.2, 0.25) is 0 Å². The van der Waals surface area contributed by atoms with Crippen LogP contribution in [-0.4, -0.2) is 30.4 Å². The molecule has 0 fully saturated rings. The molecule has 0 bridgehead atoms.